The first kappa shape index (κ1) is 22.1. The van der Waals surface area contributed by atoms with Crippen LogP contribution < -0.4 is 5.73 Å². The Balaban J connectivity index is 0.00000261. The highest BCUT2D eigenvalue weighted by molar-refractivity contribution is 7.99. The number of rotatable bonds is 3. The first-order chi connectivity index (χ1) is 12.3. The van der Waals surface area contributed by atoms with E-state index in [1.807, 2.05) is 23.1 Å². The Kier molecular flexibility index (Phi) is 7.22. The van der Waals surface area contributed by atoms with Crippen molar-refractivity contribution in [1.29, 1.82) is 0 Å². The normalized spacial score (nSPS) is 25.4. The van der Waals surface area contributed by atoms with E-state index < -0.39 is 0 Å². The summed E-state index contributed by atoms with van der Waals surface area (Å²) in [6.07, 6.45) is 0.462. The summed E-state index contributed by atoms with van der Waals surface area (Å²) in [6, 6.07) is 9.74. The largest absolute Gasteiger partial charge is 0.339 e. The van der Waals surface area contributed by atoms with Gasteiger partial charge >= 0.3 is 0 Å². The lowest BCUT2D eigenvalue weighted by molar-refractivity contribution is -0.143. The summed E-state index contributed by atoms with van der Waals surface area (Å²) in [5.74, 6) is 1.56. The van der Waals surface area contributed by atoms with Crippen LogP contribution in [0, 0.1) is 5.41 Å². The van der Waals surface area contributed by atoms with Crippen LogP contribution in [0.5, 0.6) is 0 Å². The van der Waals surface area contributed by atoms with Gasteiger partial charge in [-0.2, -0.15) is 0 Å². The number of thioether (sulfide) groups is 1. The van der Waals surface area contributed by atoms with Gasteiger partial charge in [0.1, 0.15) is 6.04 Å². The topological polar surface area (TPSA) is 66.6 Å². The molecule has 2 aliphatic rings. The van der Waals surface area contributed by atoms with Crippen LogP contribution in [0.1, 0.15) is 38.7 Å². The molecule has 0 spiro atoms. The first-order valence-electron chi connectivity index (χ1n) is 9.23. The molecule has 27 heavy (non-hydrogen) atoms. The zero-order valence-corrected chi connectivity index (χ0v) is 17.9. The fourth-order valence-corrected chi connectivity index (χ4v) is 4.89. The molecular weight excluding hydrogens is 382 g/mol. The maximum Gasteiger partial charge on any atom is 0.246 e. The fraction of sp³-hybridized carbons (Fsp3) is 0.600. The van der Waals surface area contributed by atoms with Crippen LogP contribution in [0.4, 0.5) is 0 Å². The molecule has 3 rings (SSSR count). The second-order valence-corrected chi connectivity index (χ2v) is 9.54. The molecule has 0 saturated carbocycles. The van der Waals surface area contributed by atoms with Crippen molar-refractivity contribution in [3.8, 4) is 0 Å². The minimum atomic E-state index is -0.350. The molecule has 7 heteroatoms. The Morgan fingerprint density at radius 2 is 1.85 bits per heavy atom. The minimum absolute atomic E-state index is 0. The van der Waals surface area contributed by atoms with Gasteiger partial charge in [0.15, 0.2) is 0 Å². The molecule has 1 aromatic rings. The number of halogens is 1. The Hall–Kier alpha value is -1.24. The second kappa shape index (κ2) is 8.84. The number of likely N-dealkylation sites (tertiary alicyclic amines) is 1. The van der Waals surface area contributed by atoms with E-state index in [2.05, 4.69) is 32.9 Å². The van der Waals surface area contributed by atoms with Gasteiger partial charge < -0.3 is 15.5 Å². The third kappa shape index (κ3) is 5.18. The molecule has 150 valence electrons. The lowest BCUT2D eigenvalue weighted by Crippen LogP contribution is -2.49. The van der Waals surface area contributed by atoms with Gasteiger partial charge in [0.05, 0.1) is 5.88 Å². The van der Waals surface area contributed by atoms with E-state index in [1.165, 1.54) is 5.56 Å². The molecule has 2 fully saturated rings. The van der Waals surface area contributed by atoms with Crippen LogP contribution in [0.25, 0.3) is 0 Å². The van der Waals surface area contributed by atoms with Crippen LogP contribution in [-0.4, -0.2) is 58.4 Å². The molecular formula is C20H30ClN3O2S. The summed E-state index contributed by atoms with van der Waals surface area (Å²) in [6.45, 7) is 7.34. The number of amides is 2. The van der Waals surface area contributed by atoms with Crippen molar-refractivity contribution >= 4 is 36.0 Å². The maximum absolute atomic E-state index is 13.1. The molecule has 0 aromatic heterocycles. The third-order valence-corrected chi connectivity index (χ3v) is 6.09. The van der Waals surface area contributed by atoms with Gasteiger partial charge in [-0.05, 0) is 11.0 Å². The highest BCUT2D eigenvalue weighted by atomic mass is 35.5. The molecule has 1 aromatic carbocycles. The maximum atomic E-state index is 13.1. The van der Waals surface area contributed by atoms with Gasteiger partial charge in [0.2, 0.25) is 11.8 Å². The molecule has 3 atom stereocenters. The molecule has 2 amide bonds. The van der Waals surface area contributed by atoms with Crippen molar-refractivity contribution in [2.75, 3.05) is 24.7 Å². The summed E-state index contributed by atoms with van der Waals surface area (Å²) in [5.41, 5.74) is 7.44. The van der Waals surface area contributed by atoms with Crippen molar-refractivity contribution < 1.29 is 9.59 Å². The second-order valence-electron chi connectivity index (χ2n) is 8.54. The molecule has 2 heterocycles. The molecule has 5 nitrogen and oxygen atoms in total. The summed E-state index contributed by atoms with van der Waals surface area (Å²) in [7, 11) is 0. The van der Waals surface area contributed by atoms with Gasteiger partial charge in [-0.3, -0.25) is 9.59 Å². The lowest BCUT2D eigenvalue weighted by atomic mass is 9.91. The van der Waals surface area contributed by atoms with Gasteiger partial charge in [-0.15, -0.1) is 24.2 Å². The van der Waals surface area contributed by atoms with Gasteiger partial charge in [0.25, 0.3) is 0 Å². The van der Waals surface area contributed by atoms with Gasteiger partial charge in [-0.25, -0.2) is 0 Å². The summed E-state index contributed by atoms with van der Waals surface area (Å²) < 4.78 is 0. The van der Waals surface area contributed by atoms with Crippen molar-refractivity contribution in [2.24, 2.45) is 11.1 Å². The van der Waals surface area contributed by atoms with Crippen molar-refractivity contribution in [1.82, 2.24) is 9.80 Å². The zero-order chi connectivity index (χ0) is 18.9. The van der Waals surface area contributed by atoms with E-state index >= 15 is 0 Å². The smallest absolute Gasteiger partial charge is 0.246 e. The fourth-order valence-electron chi connectivity index (χ4n) is 3.72. The Morgan fingerprint density at radius 1 is 1.19 bits per heavy atom. The van der Waals surface area contributed by atoms with E-state index in [0.29, 0.717) is 31.1 Å². The first-order valence-corrected chi connectivity index (χ1v) is 10.4. The summed E-state index contributed by atoms with van der Waals surface area (Å²) >= 11 is 1.66. The Labute approximate surface area is 172 Å². The highest BCUT2D eigenvalue weighted by Gasteiger charge is 2.41. The third-order valence-electron chi connectivity index (χ3n) is 5.07. The monoisotopic (exact) mass is 411 g/mol. The van der Waals surface area contributed by atoms with E-state index in [4.69, 9.17) is 5.73 Å². The number of hydrogen-bond donors (Lipinski definition) is 1. The van der Waals surface area contributed by atoms with E-state index in [0.717, 1.165) is 0 Å². The SMILES string of the molecule is CC(C)(C)CC(=O)N1CSCC1C(=O)N1C[C@@H](N)[C@H](c2ccccc2)C1.Cl. The molecule has 2 N–H and O–H groups in total. The average Bonchev–Trinajstić information content (AvgIpc) is 3.20. The van der Waals surface area contributed by atoms with Crippen LogP contribution in [-0.2, 0) is 9.59 Å². The minimum Gasteiger partial charge on any atom is -0.339 e. The number of carbonyl (C=O) groups excluding carboxylic acids is 2. The molecule has 2 saturated heterocycles. The number of benzene rings is 1. The molecule has 2 aliphatic heterocycles. The average molecular weight is 412 g/mol. The molecule has 0 aliphatic carbocycles. The number of carbonyl (C=O) groups is 2. The summed E-state index contributed by atoms with van der Waals surface area (Å²) in [5, 5.41) is 0. The van der Waals surface area contributed by atoms with E-state index in [9.17, 15) is 9.59 Å². The highest BCUT2D eigenvalue weighted by Crippen LogP contribution is 2.31. The van der Waals surface area contributed by atoms with Gasteiger partial charge in [-0.1, -0.05) is 51.1 Å². The lowest BCUT2D eigenvalue weighted by Gasteiger charge is -2.29. The summed E-state index contributed by atoms with van der Waals surface area (Å²) in [4.78, 5) is 29.4. The van der Waals surface area contributed by atoms with Crippen molar-refractivity contribution in [3.63, 3.8) is 0 Å². The predicted molar refractivity (Wildman–Crippen MR) is 113 cm³/mol. The predicted octanol–water partition coefficient (Wildman–Crippen LogP) is 2.70. The van der Waals surface area contributed by atoms with Crippen molar-refractivity contribution in [3.05, 3.63) is 35.9 Å². The van der Waals surface area contributed by atoms with Crippen LogP contribution in [0.15, 0.2) is 30.3 Å². The Bertz CT molecular complexity index is 665. The van der Waals surface area contributed by atoms with Gasteiger partial charge in [0, 0.05) is 37.2 Å². The zero-order valence-electron chi connectivity index (χ0n) is 16.3. The van der Waals surface area contributed by atoms with Crippen LogP contribution in [0.3, 0.4) is 0 Å². The van der Waals surface area contributed by atoms with E-state index in [1.54, 1.807) is 16.7 Å². The quantitative estimate of drug-likeness (QED) is 0.830. The number of hydrogen-bond acceptors (Lipinski definition) is 4. The van der Waals surface area contributed by atoms with Crippen LogP contribution in [0.2, 0.25) is 0 Å². The number of nitrogens with two attached hydrogens (primary N) is 1. The van der Waals surface area contributed by atoms with E-state index in [-0.39, 0.29) is 47.6 Å². The molecule has 0 bridgehead atoms. The number of nitrogens with zero attached hydrogens (tertiary/aromatic N) is 2. The van der Waals surface area contributed by atoms with Crippen LogP contribution >= 0.6 is 24.2 Å². The standard InChI is InChI=1S/C20H29N3O2S.ClH/c1-20(2,3)9-18(24)23-13-26-12-17(23)19(25)22-10-15(16(21)11-22)14-7-5-4-6-8-14;/h4-8,15-17H,9-13,21H2,1-3H3;1H/t15-,16+,17?;/m0./s1. The molecule has 0 radical (unpaired) electrons. The van der Waals surface area contributed by atoms with Crippen molar-refractivity contribution in [2.45, 2.75) is 45.2 Å². The molecule has 1 unspecified atom stereocenters. The Morgan fingerprint density at radius 3 is 2.48 bits per heavy atom.